The number of nitrogens with zero attached hydrogens (tertiary/aromatic N) is 1. The molecule has 20 heavy (non-hydrogen) atoms. The highest BCUT2D eigenvalue weighted by atomic mass is 35.5. The number of rotatable bonds is 4. The van der Waals surface area contributed by atoms with Gasteiger partial charge < -0.3 is 10.5 Å². The van der Waals surface area contributed by atoms with Gasteiger partial charge in [-0.1, -0.05) is 35.5 Å². The molecular weight excluding hydrogens is 296 g/mol. The first-order valence-corrected chi connectivity index (χ1v) is 7.18. The van der Waals surface area contributed by atoms with Gasteiger partial charge in [0.05, 0.1) is 18.4 Å². The monoisotopic (exact) mass is 308 g/mol. The van der Waals surface area contributed by atoms with Gasteiger partial charge in [-0.05, 0) is 23.8 Å². The molecule has 0 aliphatic heterocycles. The highest BCUT2D eigenvalue weighted by Crippen LogP contribution is 2.28. The number of anilines is 1. The number of nitrogens with two attached hydrogens (primary N) is 1. The Labute approximate surface area is 126 Å². The zero-order valence-corrected chi connectivity index (χ0v) is 12.4. The number of esters is 1. The molecule has 1 aromatic carbocycles. The molecule has 1 heterocycles. The number of carbonyl (C=O) groups excluding carboxylic acids is 1. The number of nitrogen functional groups attached to an aromatic ring is 1. The van der Waals surface area contributed by atoms with Crippen LogP contribution < -0.4 is 5.73 Å². The van der Waals surface area contributed by atoms with Crippen molar-refractivity contribution >= 4 is 35.0 Å². The Morgan fingerprint density at radius 3 is 2.70 bits per heavy atom. The van der Waals surface area contributed by atoms with E-state index in [-0.39, 0.29) is 0 Å². The number of thioether (sulfide) groups is 1. The van der Waals surface area contributed by atoms with Gasteiger partial charge in [-0.15, -0.1) is 0 Å². The standard InChI is InChI=1S/C14H13ClN2O2S/c1-19-14(18)11-6-7-17-13(12(11)16)20-8-9-2-4-10(15)5-3-9/h2-7H,8,16H2,1H3. The lowest BCUT2D eigenvalue weighted by Gasteiger charge is -2.08. The Bertz CT molecular complexity index is 617. The number of methoxy groups -OCH3 is 1. The molecule has 2 rings (SSSR count). The average molecular weight is 309 g/mol. The minimum absolute atomic E-state index is 0.334. The largest absolute Gasteiger partial charge is 0.465 e. The molecule has 0 amide bonds. The first kappa shape index (κ1) is 14.7. The minimum Gasteiger partial charge on any atom is -0.465 e. The molecule has 2 aromatic rings. The van der Waals surface area contributed by atoms with Crippen molar-refractivity contribution in [1.82, 2.24) is 4.98 Å². The van der Waals surface area contributed by atoms with Crippen molar-refractivity contribution in [3.8, 4) is 0 Å². The molecule has 0 atom stereocenters. The van der Waals surface area contributed by atoms with Crippen LogP contribution in [0.5, 0.6) is 0 Å². The third-order valence-electron chi connectivity index (χ3n) is 2.65. The predicted octanol–water partition coefficient (Wildman–Crippen LogP) is 3.40. The van der Waals surface area contributed by atoms with Crippen molar-refractivity contribution in [2.45, 2.75) is 10.8 Å². The maximum Gasteiger partial charge on any atom is 0.340 e. The summed E-state index contributed by atoms with van der Waals surface area (Å²) in [5.41, 5.74) is 7.72. The molecule has 0 aliphatic carbocycles. The van der Waals surface area contributed by atoms with Gasteiger partial charge in [-0.25, -0.2) is 9.78 Å². The topological polar surface area (TPSA) is 65.2 Å². The summed E-state index contributed by atoms with van der Waals surface area (Å²) in [5, 5.41) is 1.31. The van der Waals surface area contributed by atoms with Crippen molar-refractivity contribution in [2.75, 3.05) is 12.8 Å². The van der Waals surface area contributed by atoms with Crippen LogP contribution in [0.4, 0.5) is 5.69 Å². The fraction of sp³-hybridized carbons (Fsp3) is 0.143. The van der Waals surface area contributed by atoms with Crippen LogP contribution in [0, 0.1) is 0 Å². The van der Waals surface area contributed by atoms with E-state index in [1.165, 1.54) is 18.9 Å². The van der Waals surface area contributed by atoms with Gasteiger partial charge in [0.15, 0.2) is 0 Å². The molecule has 2 N–H and O–H groups in total. The summed E-state index contributed by atoms with van der Waals surface area (Å²) >= 11 is 7.30. The maximum atomic E-state index is 11.5. The molecule has 0 aliphatic rings. The van der Waals surface area contributed by atoms with Crippen molar-refractivity contribution in [3.63, 3.8) is 0 Å². The summed E-state index contributed by atoms with van der Waals surface area (Å²) in [5.74, 6) is 0.233. The van der Waals surface area contributed by atoms with Gasteiger partial charge >= 0.3 is 5.97 Å². The van der Waals surface area contributed by atoms with Gasteiger partial charge in [0.2, 0.25) is 0 Å². The Kier molecular flexibility index (Phi) is 4.87. The molecule has 0 saturated carbocycles. The average Bonchev–Trinajstić information content (AvgIpc) is 2.47. The third-order valence-corrected chi connectivity index (χ3v) is 3.98. The number of benzene rings is 1. The lowest BCUT2D eigenvalue weighted by Crippen LogP contribution is -2.07. The van der Waals surface area contributed by atoms with Crippen LogP contribution >= 0.6 is 23.4 Å². The molecule has 4 nitrogen and oxygen atoms in total. The van der Waals surface area contributed by atoms with E-state index in [2.05, 4.69) is 9.72 Å². The zero-order valence-electron chi connectivity index (χ0n) is 10.8. The van der Waals surface area contributed by atoms with Crippen molar-refractivity contribution in [1.29, 1.82) is 0 Å². The Morgan fingerprint density at radius 1 is 1.35 bits per heavy atom. The van der Waals surface area contributed by atoms with Gasteiger partial charge in [-0.2, -0.15) is 0 Å². The normalized spacial score (nSPS) is 10.3. The number of carbonyl (C=O) groups is 1. The van der Waals surface area contributed by atoms with Crippen molar-refractivity contribution < 1.29 is 9.53 Å². The van der Waals surface area contributed by atoms with E-state index in [1.54, 1.807) is 12.3 Å². The SMILES string of the molecule is COC(=O)c1ccnc(SCc2ccc(Cl)cc2)c1N. The molecule has 0 bridgehead atoms. The Hall–Kier alpha value is -1.72. The third kappa shape index (κ3) is 3.43. The maximum absolute atomic E-state index is 11.5. The second kappa shape index (κ2) is 6.63. The highest BCUT2D eigenvalue weighted by Gasteiger charge is 2.14. The van der Waals surface area contributed by atoms with E-state index < -0.39 is 5.97 Å². The Balaban J connectivity index is 2.13. The molecule has 0 unspecified atom stereocenters. The summed E-state index contributed by atoms with van der Waals surface area (Å²) in [6.07, 6.45) is 1.55. The lowest BCUT2D eigenvalue weighted by atomic mass is 10.2. The van der Waals surface area contributed by atoms with Crippen LogP contribution in [0.2, 0.25) is 5.02 Å². The van der Waals surface area contributed by atoms with Crippen LogP contribution in [-0.4, -0.2) is 18.1 Å². The molecule has 104 valence electrons. The van der Waals surface area contributed by atoms with Crippen LogP contribution in [0.3, 0.4) is 0 Å². The number of halogens is 1. The van der Waals surface area contributed by atoms with Gasteiger partial charge in [-0.3, -0.25) is 0 Å². The minimum atomic E-state index is -0.460. The first-order chi connectivity index (χ1) is 9.61. The summed E-state index contributed by atoms with van der Waals surface area (Å²) in [4.78, 5) is 15.7. The van der Waals surface area contributed by atoms with Crippen molar-refractivity contribution in [2.24, 2.45) is 0 Å². The second-order valence-electron chi connectivity index (χ2n) is 3.98. The molecule has 0 fully saturated rings. The van der Waals surface area contributed by atoms with E-state index in [4.69, 9.17) is 17.3 Å². The first-order valence-electron chi connectivity index (χ1n) is 5.82. The van der Waals surface area contributed by atoms with Crippen LogP contribution in [0.25, 0.3) is 0 Å². The molecule has 0 spiro atoms. The molecular formula is C14H13ClN2O2S. The van der Waals surface area contributed by atoms with E-state index in [1.807, 2.05) is 24.3 Å². The number of ether oxygens (including phenoxy) is 1. The number of pyridine rings is 1. The van der Waals surface area contributed by atoms with E-state index >= 15 is 0 Å². The summed E-state index contributed by atoms with van der Waals surface area (Å²) < 4.78 is 4.68. The molecule has 1 aromatic heterocycles. The second-order valence-corrected chi connectivity index (χ2v) is 5.38. The van der Waals surface area contributed by atoms with Crippen LogP contribution in [0.1, 0.15) is 15.9 Å². The summed E-state index contributed by atoms with van der Waals surface area (Å²) in [6.45, 7) is 0. The fourth-order valence-electron chi connectivity index (χ4n) is 1.59. The number of aromatic nitrogens is 1. The fourth-order valence-corrected chi connectivity index (χ4v) is 2.61. The predicted molar refractivity (Wildman–Crippen MR) is 81.0 cm³/mol. The molecule has 0 radical (unpaired) electrons. The zero-order chi connectivity index (χ0) is 14.5. The van der Waals surface area contributed by atoms with E-state index in [0.717, 1.165) is 5.56 Å². The number of hydrogen-bond acceptors (Lipinski definition) is 5. The Morgan fingerprint density at radius 2 is 2.05 bits per heavy atom. The van der Waals surface area contributed by atoms with Crippen LogP contribution in [-0.2, 0) is 10.5 Å². The van der Waals surface area contributed by atoms with Gasteiger partial charge in [0.1, 0.15) is 5.03 Å². The highest BCUT2D eigenvalue weighted by molar-refractivity contribution is 7.98. The quantitative estimate of drug-likeness (QED) is 0.692. The van der Waals surface area contributed by atoms with Crippen molar-refractivity contribution in [3.05, 3.63) is 52.7 Å². The van der Waals surface area contributed by atoms with Gasteiger partial charge in [0, 0.05) is 17.0 Å². The van der Waals surface area contributed by atoms with Gasteiger partial charge in [0.25, 0.3) is 0 Å². The molecule has 6 heteroatoms. The lowest BCUT2D eigenvalue weighted by molar-refractivity contribution is 0.0601. The summed E-state index contributed by atoms with van der Waals surface area (Å²) in [7, 11) is 1.32. The van der Waals surface area contributed by atoms with Crippen LogP contribution in [0.15, 0.2) is 41.6 Å². The number of hydrogen-bond donors (Lipinski definition) is 1. The van der Waals surface area contributed by atoms with E-state index in [9.17, 15) is 4.79 Å². The summed E-state index contributed by atoms with van der Waals surface area (Å²) in [6, 6.07) is 9.09. The smallest absolute Gasteiger partial charge is 0.340 e. The van der Waals surface area contributed by atoms with E-state index in [0.29, 0.717) is 27.1 Å². The molecule has 0 saturated heterocycles.